The van der Waals surface area contributed by atoms with Gasteiger partial charge in [0.25, 0.3) is 0 Å². The molecule has 3 heteroatoms. The van der Waals surface area contributed by atoms with Crippen molar-refractivity contribution in [3.8, 4) is 0 Å². The van der Waals surface area contributed by atoms with Gasteiger partial charge in [0.1, 0.15) is 5.60 Å². The Morgan fingerprint density at radius 3 is 2.60 bits per heavy atom. The van der Waals surface area contributed by atoms with Crippen LogP contribution >= 0.6 is 0 Å². The van der Waals surface area contributed by atoms with Crippen LogP contribution in [0.3, 0.4) is 0 Å². The minimum Gasteiger partial charge on any atom is -0.381 e. The predicted molar refractivity (Wildman–Crippen MR) is 78.8 cm³/mol. The van der Waals surface area contributed by atoms with Gasteiger partial charge in [-0.25, -0.2) is 0 Å². The molecule has 2 rings (SSSR count). The molecule has 1 aliphatic heterocycles. The van der Waals surface area contributed by atoms with Crippen LogP contribution in [-0.4, -0.2) is 31.2 Å². The number of hydrogen-bond acceptors (Lipinski definition) is 3. The van der Waals surface area contributed by atoms with Crippen LogP contribution < -0.4 is 0 Å². The largest absolute Gasteiger partial charge is 0.381 e. The molecule has 0 bridgehead atoms. The number of aryl methyl sites for hydroxylation is 1. The molecule has 3 nitrogen and oxygen atoms in total. The van der Waals surface area contributed by atoms with Crippen molar-refractivity contribution >= 4 is 5.78 Å². The van der Waals surface area contributed by atoms with E-state index in [-0.39, 0.29) is 5.78 Å². The first kappa shape index (κ1) is 15.2. The summed E-state index contributed by atoms with van der Waals surface area (Å²) in [6.07, 6.45) is 3.83. The fraction of sp³-hybridized carbons (Fsp3) is 0.588. The number of Topliss-reactive ketones (excluding diaryl/α,β-unsaturated/α-hetero) is 1. The molecular formula is C17H24O3. The third kappa shape index (κ3) is 3.90. The second kappa shape index (κ2) is 7.55. The molecule has 0 amide bonds. The third-order valence-electron chi connectivity index (χ3n) is 3.94. The van der Waals surface area contributed by atoms with Gasteiger partial charge in [0.2, 0.25) is 0 Å². The van der Waals surface area contributed by atoms with Gasteiger partial charge >= 0.3 is 0 Å². The average molecular weight is 276 g/mol. The smallest absolute Gasteiger partial charge is 0.164 e. The molecule has 1 aliphatic rings. The summed E-state index contributed by atoms with van der Waals surface area (Å²) in [6.45, 7) is 3.80. The number of ketones is 1. The van der Waals surface area contributed by atoms with E-state index in [0.717, 1.165) is 12.8 Å². The SMILES string of the molecule is CCOC1(C(=O)CCCc2ccccc2)CCOCC1. The van der Waals surface area contributed by atoms with Gasteiger partial charge in [0.15, 0.2) is 5.78 Å². The van der Waals surface area contributed by atoms with Gasteiger partial charge in [-0.05, 0) is 25.3 Å². The lowest BCUT2D eigenvalue weighted by Gasteiger charge is -2.35. The minimum atomic E-state index is -0.580. The summed E-state index contributed by atoms with van der Waals surface area (Å²) in [7, 11) is 0. The number of carbonyl (C=O) groups is 1. The van der Waals surface area contributed by atoms with Crippen LogP contribution in [0.4, 0.5) is 0 Å². The van der Waals surface area contributed by atoms with Crippen molar-refractivity contribution < 1.29 is 14.3 Å². The molecule has 1 aromatic carbocycles. The molecule has 1 aromatic rings. The fourth-order valence-corrected chi connectivity index (χ4v) is 2.81. The number of carbonyl (C=O) groups excluding carboxylic acids is 1. The Morgan fingerprint density at radius 2 is 1.95 bits per heavy atom. The molecule has 1 fully saturated rings. The first-order valence-corrected chi connectivity index (χ1v) is 7.56. The second-order valence-electron chi connectivity index (χ2n) is 5.30. The van der Waals surface area contributed by atoms with Gasteiger partial charge in [-0.3, -0.25) is 4.79 Å². The summed E-state index contributed by atoms with van der Waals surface area (Å²) < 4.78 is 11.2. The summed E-state index contributed by atoms with van der Waals surface area (Å²) in [4.78, 5) is 12.5. The van der Waals surface area contributed by atoms with E-state index in [1.807, 2.05) is 25.1 Å². The molecule has 1 saturated heterocycles. The van der Waals surface area contributed by atoms with E-state index >= 15 is 0 Å². The lowest BCUT2D eigenvalue weighted by Crippen LogP contribution is -2.46. The Balaban J connectivity index is 1.85. The van der Waals surface area contributed by atoms with Crippen molar-refractivity contribution in [2.45, 2.75) is 44.6 Å². The highest BCUT2D eigenvalue weighted by Crippen LogP contribution is 2.28. The number of benzene rings is 1. The molecule has 110 valence electrons. The number of hydrogen-bond donors (Lipinski definition) is 0. The summed E-state index contributed by atoms with van der Waals surface area (Å²) in [5, 5.41) is 0. The summed E-state index contributed by atoms with van der Waals surface area (Å²) >= 11 is 0. The third-order valence-corrected chi connectivity index (χ3v) is 3.94. The summed E-state index contributed by atoms with van der Waals surface area (Å²) in [6, 6.07) is 10.3. The van der Waals surface area contributed by atoms with Crippen molar-refractivity contribution in [3.63, 3.8) is 0 Å². The molecule has 20 heavy (non-hydrogen) atoms. The molecule has 0 spiro atoms. The van der Waals surface area contributed by atoms with Crippen molar-refractivity contribution in [1.29, 1.82) is 0 Å². The Hall–Kier alpha value is -1.19. The molecule has 0 unspecified atom stereocenters. The minimum absolute atomic E-state index is 0.249. The van der Waals surface area contributed by atoms with E-state index in [2.05, 4.69) is 12.1 Å². The highest BCUT2D eigenvalue weighted by Gasteiger charge is 2.39. The van der Waals surface area contributed by atoms with E-state index in [0.29, 0.717) is 39.1 Å². The van der Waals surface area contributed by atoms with Crippen LogP contribution in [0, 0.1) is 0 Å². The van der Waals surface area contributed by atoms with Gasteiger partial charge in [0, 0.05) is 39.1 Å². The summed E-state index contributed by atoms with van der Waals surface area (Å²) in [5.41, 5.74) is 0.710. The van der Waals surface area contributed by atoms with Crippen LogP contribution in [-0.2, 0) is 20.7 Å². The van der Waals surface area contributed by atoms with Gasteiger partial charge in [-0.2, -0.15) is 0 Å². The van der Waals surface area contributed by atoms with Crippen molar-refractivity contribution in [1.82, 2.24) is 0 Å². The van der Waals surface area contributed by atoms with Crippen LogP contribution in [0.1, 0.15) is 38.2 Å². The van der Waals surface area contributed by atoms with Crippen molar-refractivity contribution in [2.24, 2.45) is 0 Å². The number of rotatable bonds is 7. The predicted octanol–water partition coefficient (Wildman–Crippen LogP) is 3.16. The zero-order valence-electron chi connectivity index (χ0n) is 12.3. The quantitative estimate of drug-likeness (QED) is 0.767. The molecule has 0 N–H and O–H groups in total. The molecule has 0 atom stereocenters. The second-order valence-corrected chi connectivity index (χ2v) is 5.30. The first-order chi connectivity index (χ1) is 9.77. The highest BCUT2D eigenvalue weighted by molar-refractivity contribution is 5.87. The van der Waals surface area contributed by atoms with Gasteiger partial charge in [0.05, 0.1) is 0 Å². The lowest BCUT2D eigenvalue weighted by molar-refractivity contribution is -0.157. The molecule has 0 radical (unpaired) electrons. The Morgan fingerprint density at radius 1 is 1.25 bits per heavy atom. The molecule has 0 saturated carbocycles. The normalized spacial score (nSPS) is 17.9. The van der Waals surface area contributed by atoms with Crippen molar-refractivity contribution in [3.05, 3.63) is 35.9 Å². The Labute approximate surface area is 121 Å². The average Bonchev–Trinajstić information content (AvgIpc) is 2.49. The Bertz CT molecular complexity index is 402. The van der Waals surface area contributed by atoms with Gasteiger partial charge in [-0.15, -0.1) is 0 Å². The number of ether oxygens (including phenoxy) is 2. The maximum atomic E-state index is 12.5. The van der Waals surface area contributed by atoms with Crippen LogP contribution in [0.2, 0.25) is 0 Å². The monoisotopic (exact) mass is 276 g/mol. The van der Waals surface area contributed by atoms with E-state index < -0.39 is 5.60 Å². The lowest BCUT2D eigenvalue weighted by atomic mass is 9.86. The molecule has 0 aromatic heterocycles. The van der Waals surface area contributed by atoms with E-state index in [9.17, 15) is 4.79 Å². The molecule has 1 heterocycles. The van der Waals surface area contributed by atoms with Crippen molar-refractivity contribution in [2.75, 3.05) is 19.8 Å². The maximum Gasteiger partial charge on any atom is 0.164 e. The maximum absolute atomic E-state index is 12.5. The standard InChI is InChI=1S/C17H24O3/c1-2-20-17(11-13-19-14-12-17)16(18)10-6-9-15-7-4-3-5-8-15/h3-5,7-8H,2,6,9-14H2,1H3. The van der Waals surface area contributed by atoms with E-state index in [1.54, 1.807) is 0 Å². The first-order valence-electron chi connectivity index (χ1n) is 7.56. The van der Waals surface area contributed by atoms with E-state index in [4.69, 9.17) is 9.47 Å². The molecule has 0 aliphatic carbocycles. The van der Waals surface area contributed by atoms with Gasteiger partial charge < -0.3 is 9.47 Å². The van der Waals surface area contributed by atoms with Crippen LogP contribution in [0.25, 0.3) is 0 Å². The van der Waals surface area contributed by atoms with Gasteiger partial charge in [-0.1, -0.05) is 30.3 Å². The highest BCUT2D eigenvalue weighted by atomic mass is 16.5. The zero-order valence-corrected chi connectivity index (χ0v) is 12.3. The van der Waals surface area contributed by atoms with E-state index in [1.165, 1.54) is 5.56 Å². The molecular weight excluding hydrogens is 252 g/mol. The van der Waals surface area contributed by atoms with Crippen LogP contribution in [0.15, 0.2) is 30.3 Å². The topological polar surface area (TPSA) is 35.5 Å². The zero-order chi connectivity index (χ0) is 14.3. The van der Waals surface area contributed by atoms with Crippen LogP contribution in [0.5, 0.6) is 0 Å². The Kier molecular flexibility index (Phi) is 5.74. The fourth-order valence-electron chi connectivity index (χ4n) is 2.81. The summed E-state index contributed by atoms with van der Waals surface area (Å²) in [5.74, 6) is 0.249.